The van der Waals surface area contributed by atoms with Gasteiger partial charge >= 0.3 is 5.97 Å². The number of pyridine rings is 1. The summed E-state index contributed by atoms with van der Waals surface area (Å²) in [6.07, 6.45) is 3.01. The lowest BCUT2D eigenvalue weighted by Gasteiger charge is -2.03. The van der Waals surface area contributed by atoms with Gasteiger partial charge in [0.15, 0.2) is 0 Å². The molecule has 0 aliphatic heterocycles. The average Bonchev–Trinajstić information content (AvgIpc) is 2.74. The lowest BCUT2D eigenvalue weighted by atomic mass is 10.3. The van der Waals surface area contributed by atoms with Crippen LogP contribution in [-0.4, -0.2) is 11.0 Å². The minimum atomic E-state index is -0.484. The minimum absolute atomic E-state index is 0.142. The van der Waals surface area contributed by atoms with Gasteiger partial charge in [-0.3, -0.25) is 0 Å². The number of carbonyl (C=O) groups excluding carboxylic acids is 1. The van der Waals surface area contributed by atoms with Crippen LogP contribution < -0.4 is 0 Å². The number of hydrogen-bond donors (Lipinski definition) is 0. The maximum atomic E-state index is 11.6. The third-order valence-electron chi connectivity index (χ3n) is 2.21. The fourth-order valence-electron chi connectivity index (χ4n) is 1.29. The Labute approximate surface area is 103 Å². The Morgan fingerprint density at radius 3 is 2.88 bits per heavy atom. The lowest BCUT2D eigenvalue weighted by molar-refractivity contribution is 0.0434. The van der Waals surface area contributed by atoms with E-state index in [1.807, 2.05) is 0 Å². The van der Waals surface area contributed by atoms with Crippen LogP contribution in [0.2, 0.25) is 5.15 Å². The number of ether oxygens (including phenoxy) is 1. The van der Waals surface area contributed by atoms with Crippen LogP contribution in [0, 0.1) is 6.92 Å². The highest BCUT2D eigenvalue weighted by atomic mass is 35.5. The van der Waals surface area contributed by atoms with Gasteiger partial charge in [-0.2, -0.15) is 0 Å². The number of hydrogen-bond acceptors (Lipinski definition) is 4. The second kappa shape index (κ2) is 5.01. The third-order valence-corrected chi connectivity index (χ3v) is 2.43. The van der Waals surface area contributed by atoms with Crippen molar-refractivity contribution < 1.29 is 13.9 Å². The van der Waals surface area contributed by atoms with Gasteiger partial charge in [0.05, 0.1) is 6.26 Å². The number of halogens is 1. The Kier molecular flexibility index (Phi) is 3.44. The van der Waals surface area contributed by atoms with E-state index in [-0.39, 0.29) is 12.4 Å². The number of rotatable bonds is 3. The molecule has 2 aromatic rings. The molecule has 0 atom stereocenters. The largest absolute Gasteiger partial charge is 0.457 e. The number of aryl methyl sites for hydroxylation is 1. The zero-order valence-electron chi connectivity index (χ0n) is 9.14. The molecule has 0 unspecified atom stereocenters. The van der Waals surface area contributed by atoms with Crippen LogP contribution >= 0.6 is 11.6 Å². The van der Waals surface area contributed by atoms with Crippen molar-refractivity contribution in [2.45, 2.75) is 13.5 Å². The molecular formula is C12H10ClNO3. The second-order valence-corrected chi connectivity index (χ2v) is 3.89. The first-order valence-electron chi connectivity index (χ1n) is 4.98. The van der Waals surface area contributed by atoms with Gasteiger partial charge < -0.3 is 9.15 Å². The van der Waals surface area contributed by atoms with Gasteiger partial charge in [-0.15, -0.1) is 0 Å². The molecule has 0 amide bonds. The molecule has 0 aliphatic carbocycles. The maximum absolute atomic E-state index is 11.6. The van der Waals surface area contributed by atoms with E-state index in [0.29, 0.717) is 5.15 Å². The highest BCUT2D eigenvalue weighted by molar-refractivity contribution is 6.29. The summed E-state index contributed by atoms with van der Waals surface area (Å²) >= 11 is 5.64. The van der Waals surface area contributed by atoms with E-state index in [0.717, 1.165) is 11.1 Å². The minimum Gasteiger partial charge on any atom is -0.457 e. The second-order valence-electron chi connectivity index (χ2n) is 3.50. The summed E-state index contributed by atoms with van der Waals surface area (Å²) in [4.78, 5) is 15.5. The summed E-state index contributed by atoms with van der Waals surface area (Å²) in [6, 6.07) is 5.10. The molecule has 2 heterocycles. The molecule has 0 bridgehead atoms. The fraction of sp³-hybridized carbons (Fsp3) is 0.167. The molecule has 0 fully saturated rings. The molecule has 0 aliphatic rings. The van der Waals surface area contributed by atoms with Gasteiger partial charge in [0.2, 0.25) is 5.76 Å². The first kappa shape index (κ1) is 11.7. The number of furan rings is 1. The van der Waals surface area contributed by atoms with E-state index in [1.165, 1.54) is 6.26 Å². The molecule has 0 spiro atoms. The molecular weight excluding hydrogens is 242 g/mol. The van der Waals surface area contributed by atoms with Gasteiger partial charge in [0, 0.05) is 17.3 Å². The molecule has 0 saturated heterocycles. The van der Waals surface area contributed by atoms with Gasteiger partial charge in [0.1, 0.15) is 11.8 Å². The van der Waals surface area contributed by atoms with Gasteiger partial charge in [0.25, 0.3) is 0 Å². The van der Waals surface area contributed by atoms with Crippen molar-refractivity contribution in [3.63, 3.8) is 0 Å². The predicted molar refractivity (Wildman–Crippen MR) is 61.8 cm³/mol. The molecule has 17 heavy (non-hydrogen) atoms. The Balaban J connectivity index is 1.97. The molecule has 0 aromatic carbocycles. The maximum Gasteiger partial charge on any atom is 0.374 e. The predicted octanol–water partition coefficient (Wildman–Crippen LogP) is 2.99. The standard InChI is InChI=1S/C12H10ClNO3/c1-8-4-5-16-11(8)12(15)17-7-9-2-3-10(13)14-6-9/h2-6H,7H2,1H3. The third kappa shape index (κ3) is 2.85. The molecule has 2 rings (SSSR count). The van der Waals surface area contributed by atoms with Crippen molar-refractivity contribution in [3.8, 4) is 0 Å². The van der Waals surface area contributed by atoms with Crippen LogP contribution in [0.25, 0.3) is 0 Å². The average molecular weight is 252 g/mol. The Morgan fingerprint density at radius 1 is 1.47 bits per heavy atom. The molecule has 88 valence electrons. The van der Waals surface area contributed by atoms with Crippen molar-refractivity contribution in [2.24, 2.45) is 0 Å². The topological polar surface area (TPSA) is 52.3 Å². The zero-order valence-corrected chi connectivity index (χ0v) is 9.90. The van der Waals surface area contributed by atoms with Crippen LogP contribution in [-0.2, 0) is 11.3 Å². The Bertz CT molecular complexity index is 519. The molecule has 4 nitrogen and oxygen atoms in total. The lowest BCUT2D eigenvalue weighted by Crippen LogP contribution is -2.05. The highest BCUT2D eigenvalue weighted by Gasteiger charge is 2.14. The number of nitrogens with zero attached hydrogens (tertiary/aromatic N) is 1. The highest BCUT2D eigenvalue weighted by Crippen LogP contribution is 2.12. The Hall–Kier alpha value is -1.81. The molecule has 0 N–H and O–H groups in total. The summed E-state index contributed by atoms with van der Waals surface area (Å²) in [5, 5.41) is 0.405. The monoisotopic (exact) mass is 251 g/mol. The van der Waals surface area contributed by atoms with E-state index >= 15 is 0 Å². The normalized spacial score (nSPS) is 10.2. The first-order valence-corrected chi connectivity index (χ1v) is 5.36. The van der Waals surface area contributed by atoms with Crippen LogP contribution in [0.15, 0.2) is 35.1 Å². The van der Waals surface area contributed by atoms with Gasteiger partial charge in [-0.05, 0) is 19.1 Å². The van der Waals surface area contributed by atoms with Gasteiger partial charge in [-0.25, -0.2) is 9.78 Å². The van der Waals surface area contributed by atoms with Crippen LogP contribution in [0.3, 0.4) is 0 Å². The van der Waals surface area contributed by atoms with Crippen LogP contribution in [0.4, 0.5) is 0 Å². The van der Waals surface area contributed by atoms with Crippen molar-refractivity contribution in [3.05, 3.63) is 52.7 Å². The van der Waals surface area contributed by atoms with E-state index in [1.54, 1.807) is 31.3 Å². The fourth-order valence-corrected chi connectivity index (χ4v) is 1.40. The van der Waals surface area contributed by atoms with Crippen LogP contribution in [0.5, 0.6) is 0 Å². The van der Waals surface area contributed by atoms with Crippen molar-refractivity contribution in [1.82, 2.24) is 4.98 Å². The van der Waals surface area contributed by atoms with Crippen molar-refractivity contribution >= 4 is 17.6 Å². The number of aromatic nitrogens is 1. The summed E-state index contributed by atoms with van der Waals surface area (Å²) in [5.41, 5.74) is 1.52. The molecule has 0 radical (unpaired) electrons. The van der Waals surface area contributed by atoms with E-state index in [2.05, 4.69) is 4.98 Å². The summed E-state index contributed by atoms with van der Waals surface area (Å²) in [5.74, 6) is -0.255. The Morgan fingerprint density at radius 2 is 2.29 bits per heavy atom. The number of carbonyl (C=O) groups is 1. The first-order chi connectivity index (χ1) is 8.16. The summed E-state index contributed by atoms with van der Waals surface area (Å²) in [7, 11) is 0. The smallest absolute Gasteiger partial charge is 0.374 e. The van der Waals surface area contributed by atoms with Gasteiger partial charge in [-0.1, -0.05) is 17.7 Å². The van der Waals surface area contributed by atoms with E-state index in [9.17, 15) is 4.79 Å². The van der Waals surface area contributed by atoms with Crippen molar-refractivity contribution in [2.75, 3.05) is 0 Å². The van der Waals surface area contributed by atoms with E-state index < -0.39 is 5.97 Å². The molecule has 5 heteroatoms. The zero-order chi connectivity index (χ0) is 12.3. The quantitative estimate of drug-likeness (QED) is 0.622. The van der Waals surface area contributed by atoms with Crippen molar-refractivity contribution in [1.29, 1.82) is 0 Å². The SMILES string of the molecule is Cc1ccoc1C(=O)OCc1ccc(Cl)nc1. The van der Waals surface area contributed by atoms with E-state index in [4.69, 9.17) is 20.8 Å². The summed E-state index contributed by atoms with van der Waals surface area (Å²) < 4.78 is 10.1. The summed E-state index contributed by atoms with van der Waals surface area (Å²) in [6.45, 7) is 1.92. The number of esters is 1. The molecule has 0 saturated carbocycles. The molecule has 2 aromatic heterocycles. The van der Waals surface area contributed by atoms with Crippen LogP contribution in [0.1, 0.15) is 21.7 Å².